The Bertz CT molecular complexity index is 1660. The molecule has 1 aliphatic rings. The van der Waals surface area contributed by atoms with E-state index in [9.17, 15) is 28.1 Å². The van der Waals surface area contributed by atoms with E-state index in [1.165, 1.54) is 28.2 Å². The third-order valence-electron chi connectivity index (χ3n) is 6.16. The number of hydrogen-bond donors (Lipinski definition) is 0. The minimum atomic E-state index is -4.74. The number of ether oxygens (including phenoxy) is 2. The largest absolute Gasteiger partial charge is 0.490 e. The van der Waals surface area contributed by atoms with Gasteiger partial charge in [-0.3, -0.25) is 14.9 Å². The van der Waals surface area contributed by atoms with E-state index in [1.807, 2.05) is 0 Å². The van der Waals surface area contributed by atoms with Crippen molar-refractivity contribution >= 4 is 33.5 Å². The number of nitro benzene ring substituents is 1. The van der Waals surface area contributed by atoms with Gasteiger partial charge in [-0.2, -0.15) is 22.9 Å². The fourth-order valence-electron chi connectivity index (χ4n) is 4.35. The number of alkyl halides is 3. The number of benzene rings is 2. The average Bonchev–Trinajstić information content (AvgIpc) is 3.28. The van der Waals surface area contributed by atoms with Crippen molar-refractivity contribution in [3.8, 4) is 17.2 Å². The quantitative estimate of drug-likeness (QED) is 0.149. The van der Waals surface area contributed by atoms with Crippen molar-refractivity contribution in [1.82, 2.24) is 9.66 Å². The fourth-order valence-corrected chi connectivity index (χ4v) is 5.57. The molecule has 0 atom stereocenters. The molecule has 2 heterocycles. The summed E-state index contributed by atoms with van der Waals surface area (Å²) in [6, 6.07) is 6.58. The number of nitro groups is 1. The molecular formula is C26H21F3N4O5S. The Hall–Kier alpha value is -4.26. The van der Waals surface area contributed by atoms with Crippen LogP contribution in [0.2, 0.25) is 0 Å². The first-order valence-electron chi connectivity index (χ1n) is 12.0. The summed E-state index contributed by atoms with van der Waals surface area (Å²) in [4.78, 5) is 29.9. The van der Waals surface area contributed by atoms with Crippen LogP contribution in [-0.2, 0) is 19.0 Å². The molecule has 0 spiro atoms. The third kappa shape index (κ3) is 5.35. The van der Waals surface area contributed by atoms with Gasteiger partial charge in [0.15, 0.2) is 11.5 Å². The first-order valence-corrected chi connectivity index (χ1v) is 12.8. The molecule has 0 amide bonds. The molecule has 2 aromatic carbocycles. The van der Waals surface area contributed by atoms with Crippen LogP contribution in [-0.4, -0.2) is 27.4 Å². The highest BCUT2D eigenvalue weighted by molar-refractivity contribution is 7.18. The first-order chi connectivity index (χ1) is 18.7. The summed E-state index contributed by atoms with van der Waals surface area (Å²) >= 11 is 1.55. The van der Waals surface area contributed by atoms with Gasteiger partial charge in [-0.25, -0.2) is 4.98 Å². The highest BCUT2D eigenvalue weighted by Crippen LogP contribution is 2.40. The highest BCUT2D eigenvalue weighted by Gasteiger charge is 2.33. The van der Waals surface area contributed by atoms with Crippen LogP contribution < -0.4 is 15.0 Å². The molecule has 0 unspecified atom stereocenters. The molecular weight excluding hydrogens is 537 g/mol. The summed E-state index contributed by atoms with van der Waals surface area (Å²) in [5.74, 6) is -0.133. The molecule has 2 aromatic heterocycles. The Morgan fingerprint density at radius 3 is 2.67 bits per heavy atom. The Morgan fingerprint density at radius 2 is 1.92 bits per heavy atom. The predicted octanol–water partition coefficient (Wildman–Crippen LogP) is 6.34. The summed E-state index contributed by atoms with van der Waals surface area (Å²) in [6.07, 6.45) is 1.97. The van der Waals surface area contributed by atoms with Gasteiger partial charge in [-0.15, -0.1) is 11.3 Å². The molecule has 202 valence electrons. The topological polar surface area (TPSA) is 109 Å². The van der Waals surface area contributed by atoms with Crippen molar-refractivity contribution in [3.05, 3.63) is 84.8 Å². The van der Waals surface area contributed by atoms with Crippen LogP contribution in [0.5, 0.6) is 17.2 Å². The minimum Gasteiger partial charge on any atom is -0.490 e. The van der Waals surface area contributed by atoms with Gasteiger partial charge >= 0.3 is 11.9 Å². The van der Waals surface area contributed by atoms with E-state index in [1.54, 1.807) is 30.4 Å². The second-order valence-corrected chi connectivity index (χ2v) is 9.79. The standard InChI is InChI=1S/C26H21F3N4O5S/c1-2-37-21-11-15(7-9-20(21)38-19-10-8-16(26(27,28)29)12-18(19)33(35)36)13-31-32-14-30-24-23(25(32)34)17-5-3-4-6-22(17)39-24/h7-14H,2-6H2,1H3/b31-13-. The maximum absolute atomic E-state index is 13.1. The van der Waals surface area contributed by atoms with Gasteiger partial charge in [-0.05, 0) is 74.1 Å². The van der Waals surface area contributed by atoms with Crippen molar-refractivity contribution in [2.45, 2.75) is 38.8 Å². The number of aryl methyl sites for hydroxylation is 2. The third-order valence-corrected chi connectivity index (χ3v) is 7.36. The average molecular weight is 559 g/mol. The van der Waals surface area contributed by atoms with Gasteiger partial charge in [0, 0.05) is 10.9 Å². The Kier molecular flexibility index (Phi) is 7.08. The zero-order valence-corrected chi connectivity index (χ0v) is 21.3. The maximum atomic E-state index is 13.1. The van der Waals surface area contributed by atoms with Crippen LogP contribution in [0.4, 0.5) is 18.9 Å². The van der Waals surface area contributed by atoms with Gasteiger partial charge < -0.3 is 9.47 Å². The zero-order chi connectivity index (χ0) is 27.7. The molecule has 13 heteroatoms. The van der Waals surface area contributed by atoms with E-state index >= 15 is 0 Å². The molecule has 0 radical (unpaired) electrons. The Balaban J connectivity index is 1.45. The van der Waals surface area contributed by atoms with Gasteiger partial charge in [0.05, 0.1) is 28.7 Å². The summed E-state index contributed by atoms with van der Waals surface area (Å²) in [5, 5.41) is 16.3. The lowest BCUT2D eigenvalue weighted by molar-refractivity contribution is -0.385. The minimum absolute atomic E-state index is 0.0574. The second-order valence-electron chi connectivity index (χ2n) is 8.71. The van der Waals surface area contributed by atoms with Crippen LogP contribution in [0.25, 0.3) is 10.2 Å². The smallest absolute Gasteiger partial charge is 0.416 e. The monoisotopic (exact) mass is 558 g/mol. The predicted molar refractivity (Wildman–Crippen MR) is 139 cm³/mol. The number of halogens is 3. The van der Waals surface area contributed by atoms with Crippen LogP contribution in [0.1, 0.15) is 41.3 Å². The molecule has 1 aliphatic carbocycles. The van der Waals surface area contributed by atoms with Crippen molar-refractivity contribution < 1.29 is 27.6 Å². The fraction of sp³-hybridized carbons (Fsp3) is 0.269. The number of nitrogens with zero attached hydrogens (tertiary/aromatic N) is 4. The number of fused-ring (bicyclic) bond motifs is 3. The molecule has 0 aliphatic heterocycles. The Morgan fingerprint density at radius 1 is 1.15 bits per heavy atom. The number of aromatic nitrogens is 2. The van der Waals surface area contributed by atoms with Gasteiger partial charge in [-0.1, -0.05) is 0 Å². The van der Waals surface area contributed by atoms with Crippen LogP contribution in [0, 0.1) is 10.1 Å². The van der Waals surface area contributed by atoms with Crippen LogP contribution in [0.15, 0.2) is 52.6 Å². The van der Waals surface area contributed by atoms with E-state index < -0.39 is 22.4 Å². The van der Waals surface area contributed by atoms with Crippen LogP contribution >= 0.6 is 11.3 Å². The summed E-state index contributed by atoms with van der Waals surface area (Å²) in [5.41, 5.74) is -0.678. The van der Waals surface area contributed by atoms with Crippen molar-refractivity contribution in [1.29, 1.82) is 0 Å². The highest BCUT2D eigenvalue weighted by atomic mass is 32.1. The molecule has 0 fully saturated rings. The summed E-state index contributed by atoms with van der Waals surface area (Å²) < 4.78 is 51.5. The van der Waals surface area contributed by atoms with Gasteiger partial charge in [0.1, 0.15) is 11.2 Å². The van der Waals surface area contributed by atoms with Crippen molar-refractivity contribution in [2.75, 3.05) is 6.61 Å². The van der Waals surface area contributed by atoms with E-state index in [2.05, 4.69) is 10.1 Å². The van der Waals surface area contributed by atoms with Gasteiger partial charge in [0.2, 0.25) is 5.75 Å². The molecule has 9 nitrogen and oxygen atoms in total. The lowest BCUT2D eigenvalue weighted by Gasteiger charge is -2.13. The first kappa shape index (κ1) is 26.4. The van der Waals surface area contributed by atoms with E-state index in [0.29, 0.717) is 27.9 Å². The van der Waals surface area contributed by atoms with Crippen LogP contribution in [0.3, 0.4) is 0 Å². The number of rotatable bonds is 7. The molecule has 5 rings (SSSR count). The lowest BCUT2D eigenvalue weighted by Crippen LogP contribution is -2.18. The molecule has 0 saturated heterocycles. The molecule has 39 heavy (non-hydrogen) atoms. The molecule has 0 saturated carbocycles. The van der Waals surface area contributed by atoms with E-state index in [0.717, 1.165) is 37.3 Å². The van der Waals surface area contributed by atoms with E-state index in [4.69, 9.17) is 9.47 Å². The normalized spacial score (nSPS) is 13.5. The van der Waals surface area contributed by atoms with E-state index in [-0.39, 0.29) is 29.4 Å². The Labute approximate surface area is 223 Å². The second kappa shape index (κ2) is 10.5. The van der Waals surface area contributed by atoms with Gasteiger partial charge in [0.25, 0.3) is 5.56 Å². The summed E-state index contributed by atoms with van der Waals surface area (Å²) in [6.45, 7) is 1.93. The molecule has 0 N–H and O–H groups in total. The SMILES string of the molecule is CCOc1cc(/C=N\n2cnc3sc4c(c3c2=O)CCCC4)ccc1Oc1ccc(C(F)(F)F)cc1[N+](=O)[O-]. The number of thiophene rings is 1. The lowest BCUT2D eigenvalue weighted by atomic mass is 9.97. The van der Waals surface area contributed by atoms with Crippen molar-refractivity contribution in [2.24, 2.45) is 5.10 Å². The van der Waals surface area contributed by atoms with Crippen molar-refractivity contribution in [3.63, 3.8) is 0 Å². The molecule has 0 bridgehead atoms. The summed E-state index contributed by atoms with van der Waals surface area (Å²) in [7, 11) is 0. The maximum Gasteiger partial charge on any atom is 0.416 e. The zero-order valence-electron chi connectivity index (χ0n) is 20.5. The molecule has 4 aromatic rings. The number of hydrogen-bond acceptors (Lipinski definition) is 8.